The average Bonchev–Trinajstić information content (AvgIpc) is 2.48. The van der Waals surface area contributed by atoms with Crippen LogP contribution in [0.2, 0.25) is 5.02 Å². The lowest BCUT2D eigenvalue weighted by Gasteiger charge is -2.25. The highest BCUT2D eigenvalue weighted by molar-refractivity contribution is 7.92. The first kappa shape index (κ1) is 16.6. The maximum Gasteiger partial charge on any atom is 0.264 e. The van der Waals surface area contributed by atoms with E-state index in [0.717, 1.165) is 11.1 Å². The highest BCUT2D eigenvalue weighted by atomic mass is 35.5. The lowest BCUT2D eigenvalue weighted by Crippen LogP contribution is -2.31. The lowest BCUT2D eigenvalue weighted by molar-refractivity contribution is 0.592. The fourth-order valence-electron chi connectivity index (χ4n) is 2.13. The number of hydrogen-bond donors (Lipinski definition) is 0. The topological polar surface area (TPSA) is 37.4 Å². The lowest BCUT2D eigenvalue weighted by atomic mass is 10.2. The van der Waals surface area contributed by atoms with Gasteiger partial charge in [0.15, 0.2) is 0 Å². The molecule has 116 valence electrons. The van der Waals surface area contributed by atoms with Crippen molar-refractivity contribution in [1.82, 2.24) is 0 Å². The number of sulfonamides is 1. The third-order valence-corrected chi connectivity index (χ3v) is 5.37. The van der Waals surface area contributed by atoms with Crippen molar-refractivity contribution in [2.24, 2.45) is 0 Å². The van der Waals surface area contributed by atoms with Gasteiger partial charge in [0.25, 0.3) is 10.0 Å². The maximum absolute atomic E-state index is 12.9. The van der Waals surface area contributed by atoms with E-state index >= 15 is 0 Å². The Bertz CT molecular complexity index is 783. The first-order valence-electron chi connectivity index (χ1n) is 6.82. The molecule has 0 amide bonds. The zero-order chi connectivity index (χ0) is 16.3. The Kier molecular flexibility index (Phi) is 4.94. The van der Waals surface area contributed by atoms with E-state index in [1.807, 2.05) is 13.8 Å². The molecule has 0 heterocycles. The van der Waals surface area contributed by atoms with Gasteiger partial charge >= 0.3 is 0 Å². The van der Waals surface area contributed by atoms with Gasteiger partial charge in [-0.25, -0.2) is 8.42 Å². The van der Waals surface area contributed by atoms with Crippen LogP contribution >= 0.6 is 11.6 Å². The zero-order valence-corrected chi connectivity index (χ0v) is 14.2. The molecule has 0 fully saturated rings. The van der Waals surface area contributed by atoms with Crippen molar-refractivity contribution in [3.8, 4) is 0 Å². The molecule has 0 aliphatic heterocycles. The van der Waals surface area contributed by atoms with Gasteiger partial charge in [0.1, 0.15) is 0 Å². The molecule has 0 bridgehead atoms. The van der Waals surface area contributed by atoms with Gasteiger partial charge < -0.3 is 0 Å². The number of rotatable bonds is 5. The first-order chi connectivity index (χ1) is 10.4. The largest absolute Gasteiger partial charge is 0.264 e. The summed E-state index contributed by atoms with van der Waals surface area (Å²) in [6, 6.07) is 12.0. The monoisotopic (exact) mass is 335 g/mol. The fourth-order valence-corrected chi connectivity index (χ4v) is 3.79. The van der Waals surface area contributed by atoms with E-state index in [9.17, 15) is 8.42 Å². The van der Waals surface area contributed by atoms with Gasteiger partial charge in [0.05, 0.1) is 17.1 Å². The molecule has 5 heteroatoms. The number of hydrogen-bond acceptors (Lipinski definition) is 2. The molecule has 0 N–H and O–H groups in total. The number of nitrogens with zero attached hydrogens (tertiary/aromatic N) is 1. The van der Waals surface area contributed by atoms with Crippen LogP contribution in [0.3, 0.4) is 0 Å². The van der Waals surface area contributed by atoms with Crippen molar-refractivity contribution in [2.75, 3.05) is 10.8 Å². The highest BCUT2D eigenvalue weighted by Crippen LogP contribution is 2.29. The number of benzene rings is 2. The standard InChI is InChI=1S/C17H18ClNO2S/c1-4-11-19(17-12-15(18)8-7-14(17)3)22(20,21)16-9-5-13(2)6-10-16/h4-10,12H,1,11H2,2-3H3. The Morgan fingerprint density at radius 1 is 1.14 bits per heavy atom. The van der Waals surface area contributed by atoms with Crippen molar-refractivity contribution in [3.05, 3.63) is 71.3 Å². The minimum absolute atomic E-state index is 0.178. The molecule has 0 atom stereocenters. The molecule has 2 aromatic rings. The van der Waals surface area contributed by atoms with E-state index in [0.29, 0.717) is 10.7 Å². The molecular weight excluding hydrogens is 318 g/mol. The van der Waals surface area contributed by atoms with Crippen LogP contribution in [0.1, 0.15) is 11.1 Å². The van der Waals surface area contributed by atoms with Crippen LogP contribution in [-0.4, -0.2) is 15.0 Å². The fraction of sp³-hybridized carbons (Fsp3) is 0.176. The second-order valence-corrected chi connectivity index (χ2v) is 7.37. The molecule has 0 radical (unpaired) electrons. The van der Waals surface area contributed by atoms with Crippen LogP contribution in [0, 0.1) is 13.8 Å². The predicted octanol–water partition coefficient (Wildman–Crippen LogP) is 4.34. The van der Waals surface area contributed by atoms with Gasteiger partial charge in [-0.15, -0.1) is 6.58 Å². The molecule has 2 rings (SSSR count). The smallest absolute Gasteiger partial charge is 0.262 e. The highest BCUT2D eigenvalue weighted by Gasteiger charge is 2.25. The van der Waals surface area contributed by atoms with Gasteiger partial charge in [-0.2, -0.15) is 0 Å². The quantitative estimate of drug-likeness (QED) is 0.762. The van der Waals surface area contributed by atoms with Gasteiger partial charge in [-0.05, 0) is 43.7 Å². The third kappa shape index (κ3) is 3.34. The van der Waals surface area contributed by atoms with Gasteiger partial charge in [0, 0.05) is 5.02 Å². The summed E-state index contributed by atoms with van der Waals surface area (Å²) in [4.78, 5) is 0.249. The molecule has 3 nitrogen and oxygen atoms in total. The number of aryl methyl sites for hydroxylation is 2. The summed E-state index contributed by atoms with van der Waals surface area (Å²) in [5.74, 6) is 0. The summed E-state index contributed by atoms with van der Waals surface area (Å²) in [6.45, 7) is 7.61. The predicted molar refractivity (Wildman–Crippen MR) is 92.1 cm³/mol. The van der Waals surface area contributed by atoms with Crippen molar-refractivity contribution >= 4 is 27.3 Å². The molecule has 0 aliphatic carbocycles. The average molecular weight is 336 g/mol. The first-order valence-corrected chi connectivity index (χ1v) is 8.64. The Hall–Kier alpha value is -1.78. The molecule has 0 saturated carbocycles. The summed E-state index contributed by atoms with van der Waals surface area (Å²) in [5, 5.41) is 0.494. The van der Waals surface area contributed by atoms with E-state index in [2.05, 4.69) is 6.58 Å². The minimum Gasteiger partial charge on any atom is -0.262 e. The van der Waals surface area contributed by atoms with Crippen LogP contribution in [0.4, 0.5) is 5.69 Å². The Balaban J connectivity index is 2.57. The summed E-state index contributed by atoms with van der Waals surface area (Å²) < 4.78 is 27.2. The Morgan fingerprint density at radius 2 is 1.77 bits per heavy atom. The number of halogens is 1. The maximum atomic E-state index is 12.9. The molecular formula is C17H18ClNO2S. The molecule has 0 aromatic heterocycles. The normalized spacial score (nSPS) is 11.2. The SMILES string of the molecule is C=CCN(c1cc(Cl)ccc1C)S(=O)(=O)c1ccc(C)cc1. The van der Waals surface area contributed by atoms with Crippen LogP contribution in [0.5, 0.6) is 0 Å². The molecule has 0 aliphatic rings. The number of anilines is 1. The Labute approximate surface area is 136 Å². The van der Waals surface area contributed by atoms with Crippen LogP contribution < -0.4 is 4.31 Å². The summed E-state index contributed by atoms with van der Waals surface area (Å²) in [6.07, 6.45) is 1.56. The van der Waals surface area contributed by atoms with E-state index in [1.54, 1.807) is 48.5 Å². The summed E-state index contributed by atoms with van der Waals surface area (Å²) in [5.41, 5.74) is 2.41. The zero-order valence-electron chi connectivity index (χ0n) is 12.6. The second kappa shape index (κ2) is 6.55. The van der Waals surface area contributed by atoms with Gasteiger partial charge in [-0.1, -0.05) is 41.4 Å². The van der Waals surface area contributed by atoms with Crippen molar-refractivity contribution < 1.29 is 8.42 Å². The van der Waals surface area contributed by atoms with E-state index in [4.69, 9.17) is 11.6 Å². The molecule has 22 heavy (non-hydrogen) atoms. The molecule has 2 aromatic carbocycles. The summed E-state index contributed by atoms with van der Waals surface area (Å²) in [7, 11) is -3.67. The van der Waals surface area contributed by atoms with E-state index < -0.39 is 10.0 Å². The van der Waals surface area contributed by atoms with Gasteiger partial charge in [0.2, 0.25) is 0 Å². The van der Waals surface area contributed by atoms with E-state index in [1.165, 1.54) is 4.31 Å². The van der Waals surface area contributed by atoms with Crippen molar-refractivity contribution in [1.29, 1.82) is 0 Å². The van der Waals surface area contributed by atoms with Crippen LogP contribution in [0.25, 0.3) is 0 Å². The Morgan fingerprint density at radius 3 is 2.36 bits per heavy atom. The molecule has 0 saturated heterocycles. The second-order valence-electron chi connectivity index (χ2n) is 5.07. The minimum atomic E-state index is -3.67. The van der Waals surface area contributed by atoms with Crippen molar-refractivity contribution in [2.45, 2.75) is 18.7 Å². The van der Waals surface area contributed by atoms with Crippen molar-refractivity contribution in [3.63, 3.8) is 0 Å². The molecule has 0 spiro atoms. The molecule has 0 unspecified atom stereocenters. The van der Waals surface area contributed by atoms with Gasteiger partial charge in [-0.3, -0.25) is 4.31 Å². The third-order valence-electron chi connectivity index (χ3n) is 3.34. The summed E-state index contributed by atoms with van der Waals surface area (Å²) >= 11 is 6.03. The van der Waals surface area contributed by atoms with Crippen LogP contribution in [0.15, 0.2) is 60.0 Å². The van der Waals surface area contributed by atoms with Crippen LogP contribution in [-0.2, 0) is 10.0 Å². The van der Waals surface area contributed by atoms with E-state index in [-0.39, 0.29) is 11.4 Å².